The first-order valence-corrected chi connectivity index (χ1v) is 7.64. The Morgan fingerprint density at radius 1 is 1.18 bits per heavy atom. The lowest BCUT2D eigenvalue weighted by Gasteiger charge is -2.53. The molecule has 0 radical (unpaired) electrons. The summed E-state index contributed by atoms with van der Waals surface area (Å²) < 4.78 is 10.6. The fourth-order valence-electron chi connectivity index (χ4n) is 3.08. The maximum Gasteiger partial charge on any atom is 0.410 e. The fourth-order valence-corrected chi connectivity index (χ4v) is 3.08. The normalized spacial score (nSPS) is 19.1. The van der Waals surface area contributed by atoms with E-state index in [0.29, 0.717) is 0 Å². The van der Waals surface area contributed by atoms with Gasteiger partial charge in [0.2, 0.25) is 0 Å². The van der Waals surface area contributed by atoms with Gasteiger partial charge in [-0.2, -0.15) is 0 Å². The van der Waals surface area contributed by atoms with Crippen molar-refractivity contribution in [1.29, 1.82) is 0 Å². The Bertz CT molecular complexity index is 604. The Labute approximate surface area is 131 Å². The predicted molar refractivity (Wildman–Crippen MR) is 85.8 cm³/mol. The molecule has 0 aromatic heterocycles. The molecule has 1 aromatic carbocycles. The lowest BCUT2D eigenvalue weighted by molar-refractivity contribution is -0.0207. The minimum Gasteiger partial charge on any atom is -0.497 e. The van der Waals surface area contributed by atoms with E-state index in [1.54, 1.807) is 12.0 Å². The average Bonchev–Trinajstić information content (AvgIpc) is 2.34. The van der Waals surface area contributed by atoms with Crippen molar-refractivity contribution in [3.8, 4) is 5.75 Å². The van der Waals surface area contributed by atoms with Gasteiger partial charge in [0.15, 0.2) is 0 Å². The van der Waals surface area contributed by atoms with Crippen molar-refractivity contribution < 1.29 is 14.3 Å². The van der Waals surface area contributed by atoms with Crippen molar-refractivity contribution in [3.05, 3.63) is 35.9 Å². The van der Waals surface area contributed by atoms with E-state index >= 15 is 0 Å². The first-order valence-electron chi connectivity index (χ1n) is 7.64. The molecule has 3 rings (SSSR count). The molecule has 4 heteroatoms. The van der Waals surface area contributed by atoms with Crippen molar-refractivity contribution in [2.45, 2.75) is 32.8 Å². The van der Waals surface area contributed by atoms with E-state index in [0.717, 1.165) is 25.3 Å². The number of methoxy groups -OCH3 is 1. The van der Waals surface area contributed by atoms with E-state index in [2.05, 4.69) is 18.2 Å². The Morgan fingerprint density at radius 3 is 2.27 bits per heavy atom. The van der Waals surface area contributed by atoms with Gasteiger partial charge in [0.1, 0.15) is 11.4 Å². The van der Waals surface area contributed by atoms with E-state index in [1.165, 1.54) is 11.1 Å². The summed E-state index contributed by atoms with van der Waals surface area (Å²) in [7, 11) is 1.67. The number of rotatable bonds is 2. The van der Waals surface area contributed by atoms with Crippen LogP contribution in [0.25, 0.3) is 5.57 Å². The Hall–Kier alpha value is -1.97. The van der Waals surface area contributed by atoms with Crippen LogP contribution < -0.4 is 4.74 Å². The highest BCUT2D eigenvalue weighted by atomic mass is 16.6. The largest absolute Gasteiger partial charge is 0.497 e. The van der Waals surface area contributed by atoms with Crippen molar-refractivity contribution in [1.82, 2.24) is 4.90 Å². The summed E-state index contributed by atoms with van der Waals surface area (Å²) in [6.45, 7) is 7.21. The van der Waals surface area contributed by atoms with Gasteiger partial charge in [-0.05, 0) is 50.5 Å². The van der Waals surface area contributed by atoms with Gasteiger partial charge in [0, 0.05) is 18.5 Å². The Kier molecular flexibility index (Phi) is 3.42. The van der Waals surface area contributed by atoms with Crippen molar-refractivity contribution in [3.63, 3.8) is 0 Å². The third-order valence-electron chi connectivity index (χ3n) is 4.15. The minimum absolute atomic E-state index is 0.173. The highest BCUT2D eigenvalue weighted by Crippen LogP contribution is 2.50. The minimum atomic E-state index is -0.427. The first-order chi connectivity index (χ1) is 10.3. The molecular formula is C18H23NO3. The van der Waals surface area contributed by atoms with Crippen LogP contribution in [0.5, 0.6) is 5.75 Å². The Morgan fingerprint density at radius 2 is 1.77 bits per heavy atom. The van der Waals surface area contributed by atoms with Crippen molar-refractivity contribution >= 4 is 11.7 Å². The maximum atomic E-state index is 12.0. The highest BCUT2D eigenvalue weighted by molar-refractivity contribution is 5.76. The van der Waals surface area contributed by atoms with Gasteiger partial charge >= 0.3 is 6.09 Å². The van der Waals surface area contributed by atoms with Crippen molar-refractivity contribution in [2.24, 2.45) is 5.41 Å². The molecule has 1 saturated heterocycles. The van der Waals surface area contributed by atoms with Crippen LogP contribution in [0.1, 0.15) is 32.8 Å². The molecule has 1 heterocycles. The molecule has 0 bridgehead atoms. The molecule has 118 valence electrons. The monoisotopic (exact) mass is 301 g/mol. The molecule has 1 spiro atoms. The number of carbonyl (C=O) groups is 1. The topological polar surface area (TPSA) is 38.8 Å². The van der Waals surface area contributed by atoms with E-state index < -0.39 is 5.60 Å². The first kappa shape index (κ1) is 14.9. The Balaban J connectivity index is 1.57. The molecule has 1 aromatic rings. The number of likely N-dealkylation sites (tertiary alicyclic amines) is 1. The van der Waals surface area contributed by atoms with Gasteiger partial charge in [-0.25, -0.2) is 4.79 Å². The number of amides is 1. The van der Waals surface area contributed by atoms with Gasteiger partial charge in [-0.3, -0.25) is 0 Å². The van der Waals surface area contributed by atoms with E-state index in [-0.39, 0.29) is 11.5 Å². The number of benzene rings is 1. The van der Waals surface area contributed by atoms with Gasteiger partial charge in [0.25, 0.3) is 0 Å². The molecular weight excluding hydrogens is 278 g/mol. The lowest BCUT2D eigenvalue weighted by Crippen LogP contribution is -2.60. The smallest absolute Gasteiger partial charge is 0.410 e. The highest BCUT2D eigenvalue weighted by Gasteiger charge is 2.49. The van der Waals surface area contributed by atoms with Crippen molar-refractivity contribution in [2.75, 3.05) is 20.2 Å². The van der Waals surface area contributed by atoms with Crippen LogP contribution in [0.15, 0.2) is 30.3 Å². The zero-order valence-electron chi connectivity index (χ0n) is 13.7. The predicted octanol–water partition coefficient (Wildman–Crippen LogP) is 3.72. The second kappa shape index (κ2) is 5.04. The van der Waals surface area contributed by atoms with Gasteiger partial charge < -0.3 is 14.4 Å². The second-order valence-electron chi connectivity index (χ2n) is 7.27. The summed E-state index contributed by atoms with van der Waals surface area (Å²) in [5, 5.41) is 0. The van der Waals surface area contributed by atoms with Gasteiger partial charge in [-0.15, -0.1) is 0 Å². The summed E-state index contributed by atoms with van der Waals surface area (Å²) in [5.74, 6) is 0.873. The zero-order valence-corrected chi connectivity index (χ0v) is 13.7. The number of allylic oxidation sites excluding steroid dienone is 1. The molecule has 0 unspecified atom stereocenters. The molecule has 0 atom stereocenters. The summed E-state index contributed by atoms with van der Waals surface area (Å²) in [6.07, 6.45) is 3.12. The summed E-state index contributed by atoms with van der Waals surface area (Å²) >= 11 is 0. The summed E-state index contributed by atoms with van der Waals surface area (Å²) in [6, 6.07) is 8.13. The van der Waals surface area contributed by atoms with Crippen LogP contribution >= 0.6 is 0 Å². The van der Waals surface area contributed by atoms with Gasteiger partial charge in [-0.1, -0.05) is 18.2 Å². The molecule has 1 fully saturated rings. The SMILES string of the molecule is COc1ccc(C2=CC3(C2)CN(C(=O)OC(C)(C)C)C3)cc1. The van der Waals surface area contributed by atoms with E-state index in [4.69, 9.17) is 9.47 Å². The number of hydrogen-bond donors (Lipinski definition) is 0. The van der Waals surface area contributed by atoms with Crippen LogP contribution in [0.4, 0.5) is 4.79 Å². The lowest BCUT2D eigenvalue weighted by atomic mass is 9.64. The fraction of sp³-hybridized carbons (Fsp3) is 0.500. The average molecular weight is 301 g/mol. The molecule has 1 aliphatic heterocycles. The standard InChI is InChI=1S/C18H23NO3/c1-17(2,3)22-16(20)19-11-18(12-19)9-14(10-18)13-5-7-15(21-4)8-6-13/h5-9H,10-12H2,1-4H3. The van der Waals surface area contributed by atoms with Crippen LogP contribution in [-0.4, -0.2) is 36.8 Å². The maximum absolute atomic E-state index is 12.0. The third-order valence-corrected chi connectivity index (χ3v) is 4.15. The molecule has 1 amide bonds. The number of ether oxygens (including phenoxy) is 2. The summed E-state index contributed by atoms with van der Waals surface area (Å²) in [4.78, 5) is 13.7. The quantitative estimate of drug-likeness (QED) is 0.835. The zero-order chi connectivity index (χ0) is 16.0. The number of carbonyl (C=O) groups excluding carboxylic acids is 1. The second-order valence-corrected chi connectivity index (χ2v) is 7.27. The molecule has 0 saturated carbocycles. The number of hydrogen-bond acceptors (Lipinski definition) is 3. The summed E-state index contributed by atoms with van der Waals surface area (Å²) in [5.41, 5.74) is 2.34. The molecule has 4 nitrogen and oxygen atoms in total. The van der Waals surface area contributed by atoms with Crippen LogP contribution in [0.2, 0.25) is 0 Å². The van der Waals surface area contributed by atoms with E-state index in [1.807, 2.05) is 32.9 Å². The van der Waals surface area contributed by atoms with E-state index in [9.17, 15) is 4.79 Å². The third kappa shape index (κ3) is 2.82. The van der Waals surface area contributed by atoms with Crippen LogP contribution in [0.3, 0.4) is 0 Å². The van der Waals surface area contributed by atoms with Gasteiger partial charge in [0.05, 0.1) is 7.11 Å². The molecule has 22 heavy (non-hydrogen) atoms. The van der Waals surface area contributed by atoms with Crippen LogP contribution in [-0.2, 0) is 4.74 Å². The number of nitrogens with zero attached hydrogens (tertiary/aromatic N) is 1. The van der Waals surface area contributed by atoms with Crippen LogP contribution in [0, 0.1) is 5.41 Å². The molecule has 1 aliphatic carbocycles. The molecule has 0 N–H and O–H groups in total. The molecule has 2 aliphatic rings.